The summed E-state index contributed by atoms with van der Waals surface area (Å²) in [5.74, 6) is -0.325. The van der Waals surface area contributed by atoms with Crippen molar-refractivity contribution in [2.75, 3.05) is 13.1 Å². The molecule has 0 spiro atoms. The molecule has 0 unspecified atom stereocenters. The normalized spacial score (nSPS) is 21.1. The van der Waals surface area contributed by atoms with Crippen molar-refractivity contribution in [1.29, 1.82) is 0 Å². The Labute approximate surface area is 115 Å². The molecule has 0 aromatic carbocycles. The van der Waals surface area contributed by atoms with E-state index in [1.165, 1.54) is 0 Å². The van der Waals surface area contributed by atoms with Gasteiger partial charge in [0.15, 0.2) is 0 Å². The molecule has 19 heavy (non-hydrogen) atoms. The van der Waals surface area contributed by atoms with E-state index < -0.39 is 5.97 Å². The maximum atomic E-state index is 12.0. The van der Waals surface area contributed by atoms with Gasteiger partial charge in [-0.1, -0.05) is 20.3 Å². The van der Waals surface area contributed by atoms with Crippen LogP contribution in [0.25, 0.3) is 0 Å². The highest BCUT2D eigenvalue weighted by Gasteiger charge is 2.22. The predicted octanol–water partition coefficient (Wildman–Crippen LogP) is 1.38. The average molecular weight is 270 g/mol. The van der Waals surface area contributed by atoms with Crippen LogP contribution in [0.3, 0.4) is 0 Å². The van der Waals surface area contributed by atoms with Crippen molar-refractivity contribution >= 4 is 11.9 Å². The lowest BCUT2D eigenvalue weighted by Gasteiger charge is -2.24. The summed E-state index contributed by atoms with van der Waals surface area (Å²) in [6.45, 7) is 5.49. The number of amides is 1. The standard InChI is InChI=1S/C14H26N2O3/c1-10(2)7-11(8-13(17)18)9-16-14(19)12-5-3-4-6-15-12/h10-12,15H,3-9H2,1-2H3,(H,16,19)(H,17,18)/t11-,12-/m0/s1. The highest BCUT2D eigenvalue weighted by atomic mass is 16.4. The monoisotopic (exact) mass is 270 g/mol. The fourth-order valence-corrected chi connectivity index (χ4v) is 2.60. The van der Waals surface area contributed by atoms with Crippen molar-refractivity contribution in [2.24, 2.45) is 11.8 Å². The molecule has 1 heterocycles. The van der Waals surface area contributed by atoms with Crippen LogP contribution in [0.5, 0.6) is 0 Å². The van der Waals surface area contributed by atoms with Crippen LogP contribution in [0.4, 0.5) is 0 Å². The van der Waals surface area contributed by atoms with E-state index in [2.05, 4.69) is 24.5 Å². The van der Waals surface area contributed by atoms with Crippen LogP contribution in [-0.4, -0.2) is 36.1 Å². The maximum absolute atomic E-state index is 12.0. The maximum Gasteiger partial charge on any atom is 0.303 e. The lowest BCUT2D eigenvalue weighted by Crippen LogP contribution is -2.47. The molecule has 1 amide bonds. The minimum Gasteiger partial charge on any atom is -0.481 e. The summed E-state index contributed by atoms with van der Waals surface area (Å²) in [4.78, 5) is 22.8. The number of carbonyl (C=O) groups excluding carboxylic acids is 1. The number of hydrogen-bond acceptors (Lipinski definition) is 3. The van der Waals surface area contributed by atoms with Gasteiger partial charge in [0.1, 0.15) is 0 Å². The molecule has 1 saturated heterocycles. The molecule has 5 nitrogen and oxygen atoms in total. The molecule has 1 aliphatic rings. The summed E-state index contributed by atoms with van der Waals surface area (Å²) in [5, 5.41) is 15.0. The Balaban J connectivity index is 2.36. The lowest BCUT2D eigenvalue weighted by molar-refractivity contribution is -0.138. The summed E-state index contributed by atoms with van der Waals surface area (Å²) >= 11 is 0. The zero-order valence-corrected chi connectivity index (χ0v) is 11.9. The lowest BCUT2D eigenvalue weighted by atomic mass is 9.94. The molecule has 0 saturated carbocycles. The Morgan fingerprint density at radius 3 is 2.63 bits per heavy atom. The first-order valence-corrected chi connectivity index (χ1v) is 7.22. The predicted molar refractivity (Wildman–Crippen MR) is 73.8 cm³/mol. The van der Waals surface area contributed by atoms with Gasteiger partial charge in [-0.3, -0.25) is 9.59 Å². The number of carboxylic acids is 1. The van der Waals surface area contributed by atoms with Gasteiger partial charge < -0.3 is 15.7 Å². The van der Waals surface area contributed by atoms with E-state index in [1.54, 1.807) is 0 Å². The molecule has 0 bridgehead atoms. The molecule has 1 fully saturated rings. The van der Waals surface area contributed by atoms with E-state index in [-0.39, 0.29) is 24.3 Å². The first-order chi connectivity index (χ1) is 8.99. The van der Waals surface area contributed by atoms with E-state index in [1.807, 2.05) is 0 Å². The average Bonchev–Trinajstić information content (AvgIpc) is 2.35. The van der Waals surface area contributed by atoms with E-state index in [0.717, 1.165) is 32.2 Å². The van der Waals surface area contributed by atoms with Crippen LogP contribution < -0.4 is 10.6 Å². The smallest absolute Gasteiger partial charge is 0.303 e. The number of carboxylic acid groups (broad SMARTS) is 1. The molecule has 1 aliphatic heterocycles. The van der Waals surface area contributed by atoms with Crippen molar-refractivity contribution in [2.45, 2.75) is 52.0 Å². The third-order valence-electron chi connectivity index (χ3n) is 3.46. The number of carbonyl (C=O) groups is 2. The highest BCUT2D eigenvalue weighted by Crippen LogP contribution is 2.15. The molecule has 0 radical (unpaired) electrons. The van der Waals surface area contributed by atoms with Crippen molar-refractivity contribution in [3.05, 3.63) is 0 Å². The number of rotatable bonds is 7. The van der Waals surface area contributed by atoms with Crippen molar-refractivity contribution in [3.63, 3.8) is 0 Å². The van der Waals surface area contributed by atoms with Crippen LogP contribution in [0.2, 0.25) is 0 Å². The second-order valence-corrected chi connectivity index (χ2v) is 5.84. The summed E-state index contributed by atoms with van der Waals surface area (Å²) in [5.41, 5.74) is 0. The highest BCUT2D eigenvalue weighted by molar-refractivity contribution is 5.81. The third-order valence-corrected chi connectivity index (χ3v) is 3.46. The van der Waals surface area contributed by atoms with Gasteiger partial charge in [-0.25, -0.2) is 0 Å². The summed E-state index contributed by atoms with van der Waals surface area (Å²) in [7, 11) is 0. The summed E-state index contributed by atoms with van der Waals surface area (Å²) < 4.78 is 0. The van der Waals surface area contributed by atoms with Crippen LogP contribution in [0.15, 0.2) is 0 Å². The van der Waals surface area contributed by atoms with Crippen LogP contribution in [-0.2, 0) is 9.59 Å². The summed E-state index contributed by atoms with van der Waals surface area (Å²) in [6.07, 6.45) is 4.02. The Hall–Kier alpha value is -1.10. The number of nitrogens with one attached hydrogen (secondary N) is 2. The fourth-order valence-electron chi connectivity index (χ4n) is 2.60. The zero-order valence-electron chi connectivity index (χ0n) is 11.9. The van der Waals surface area contributed by atoms with Crippen molar-refractivity contribution in [3.8, 4) is 0 Å². The van der Waals surface area contributed by atoms with Gasteiger partial charge in [-0.2, -0.15) is 0 Å². The van der Waals surface area contributed by atoms with Gasteiger partial charge in [-0.05, 0) is 37.6 Å². The van der Waals surface area contributed by atoms with Crippen LogP contribution >= 0.6 is 0 Å². The van der Waals surface area contributed by atoms with E-state index in [4.69, 9.17) is 5.11 Å². The SMILES string of the molecule is CC(C)C[C@H](CNC(=O)[C@@H]1CCCCN1)CC(=O)O. The molecular weight excluding hydrogens is 244 g/mol. The second-order valence-electron chi connectivity index (χ2n) is 5.84. The van der Waals surface area contributed by atoms with E-state index in [9.17, 15) is 9.59 Å². The van der Waals surface area contributed by atoms with Gasteiger partial charge in [0, 0.05) is 13.0 Å². The Kier molecular flexibility index (Phi) is 6.84. The van der Waals surface area contributed by atoms with Gasteiger partial charge in [0.25, 0.3) is 0 Å². The Bertz CT molecular complexity index is 299. The first kappa shape index (κ1) is 16.0. The van der Waals surface area contributed by atoms with Crippen molar-refractivity contribution < 1.29 is 14.7 Å². The number of hydrogen-bond donors (Lipinski definition) is 3. The molecule has 1 rings (SSSR count). The van der Waals surface area contributed by atoms with E-state index in [0.29, 0.717) is 12.5 Å². The largest absolute Gasteiger partial charge is 0.481 e. The molecular formula is C14H26N2O3. The molecule has 0 aromatic rings. The third kappa shape index (κ3) is 6.57. The Morgan fingerprint density at radius 2 is 2.11 bits per heavy atom. The van der Waals surface area contributed by atoms with E-state index >= 15 is 0 Å². The zero-order chi connectivity index (χ0) is 14.3. The Morgan fingerprint density at radius 1 is 1.37 bits per heavy atom. The van der Waals surface area contributed by atoms with Gasteiger partial charge in [-0.15, -0.1) is 0 Å². The fraction of sp³-hybridized carbons (Fsp3) is 0.857. The molecule has 3 N–H and O–H groups in total. The minimum absolute atomic E-state index is 0.0128. The van der Waals surface area contributed by atoms with Crippen molar-refractivity contribution in [1.82, 2.24) is 10.6 Å². The summed E-state index contributed by atoms with van der Waals surface area (Å²) in [6, 6.07) is -0.0988. The van der Waals surface area contributed by atoms with Gasteiger partial charge in [0.05, 0.1) is 6.04 Å². The second kappa shape index (κ2) is 8.15. The quantitative estimate of drug-likeness (QED) is 0.653. The van der Waals surface area contributed by atoms with Crippen LogP contribution in [0.1, 0.15) is 46.0 Å². The molecule has 110 valence electrons. The van der Waals surface area contributed by atoms with Gasteiger partial charge >= 0.3 is 5.97 Å². The molecule has 0 aliphatic carbocycles. The number of aliphatic carboxylic acids is 1. The minimum atomic E-state index is -0.796. The molecule has 5 heteroatoms. The number of piperidine rings is 1. The van der Waals surface area contributed by atoms with Gasteiger partial charge in [0.2, 0.25) is 5.91 Å². The topological polar surface area (TPSA) is 78.4 Å². The van der Waals surface area contributed by atoms with Crippen LogP contribution in [0, 0.1) is 11.8 Å². The molecule has 0 aromatic heterocycles. The first-order valence-electron chi connectivity index (χ1n) is 7.22. The molecule has 2 atom stereocenters.